The minimum absolute atomic E-state index is 0. The van der Waals surface area contributed by atoms with Crippen LogP contribution in [0, 0.1) is 12.3 Å². The van der Waals surface area contributed by atoms with E-state index in [1.54, 1.807) is 0 Å². The van der Waals surface area contributed by atoms with E-state index in [2.05, 4.69) is 19.0 Å². The van der Waals surface area contributed by atoms with Gasteiger partial charge >= 0.3 is 5.97 Å². The van der Waals surface area contributed by atoms with E-state index < -0.39 is 5.97 Å². The predicted molar refractivity (Wildman–Crippen MR) is 111 cm³/mol. The number of hydrogen-bond donors (Lipinski definition) is 2. The molecule has 0 atom stereocenters. The van der Waals surface area contributed by atoms with Crippen molar-refractivity contribution in [3.8, 4) is 0 Å². The van der Waals surface area contributed by atoms with E-state index in [9.17, 15) is 4.79 Å². The van der Waals surface area contributed by atoms with E-state index in [-0.39, 0.29) is 29.7 Å². The highest BCUT2D eigenvalue weighted by Gasteiger charge is 2.30. The largest absolute Gasteiger partial charge is 1.00 e. The maximum absolute atomic E-state index is 12.7. The van der Waals surface area contributed by atoms with Crippen LogP contribution in [0.2, 0.25) is 0 Å². The quantitative estimate of drug-likeness (QED) is 0.444. The van der Waals surface area contributed by atoms with Gasteiger partial charge in [0.25, 0.3) is 0 Å². The lowest BCUT2D eigenvalue weighted by atomic mass is 9.84. The number of benzene rings is 1. The fourth-order valence-electron chi connectivity index (χ4n) is 5.00. The van der Waals surface area contributed by atoms with Crippen molar-refractivity contribution in [1.82, 2.24) is 5.16 Å². The van der Waals surface area contributed by atoms with Gasteiger partial charge in [-0.15, -0.1) is 5.06 Å². The van der Waals surface area contributed by atoms with Gasteiger partial charge in [0.1, 0.15) is 18.8 Å². The SMILES string of the molecule is CCc1c(C)c2c(c3c(C(=N)C(=O)O[NH+]4CCCCC4)noc13)CCCCCC2.[I-]. The molecule has 0 unspecified atom stereocenters. The molecule has 0 radical (unpaired) electrons. The second-order valence-electron chi connectivity index (χ2n) is 8.43. The molecule has 1 aromatic heterocycles. The summed E-state index contributed by atoms with van der Waals surface area (Å²) in [5.41, 5.74) is 5.98. The summed E-state index contributed by atoms with van der Waals surface area (Å²) in [4.78, 5) is 18.3. The third-order valence-corrected chi connectivity index (χ3v) is 6.58. The van der Waals surface area contributed by atoms with E-state index in [0.29, 0.717) is 5.69 Å². The summed E-state index contributed by atoms with van der Waals surface area (Å²) in [5.74, 6) is -0.602. The summed E-state index contributed by atoms with van der Waals surface area (Å²) in [6.45, 7) is 5.93. The Labute approximate surface area is 195 Å². The molecule has 6 nitrogen and oxygen atoms in total. The maximum Gasteiger partial charge on any atom is 0.417 e. The highest BCUT2D eigenvalue weighted by molar-refractivity contribution is 6.43. The van der Waals surface area contributed by atoms with Crippen LogP contribution >= 0.6 is 0 Å². The predicted octanol–water partition coefficient (Wildman–Crippen LogP) is 0.256. The zero-order valence-corrected chi connectivity index (χ0v) is 20.2. The van der Waals surface area contributed by atoms with Gasteiger partial charge in [-0.3, -0.25) is 10.2 Å². The van der Waals surface area contributed by atoms with Gasteiger partial charge in [0.05, 0.1) is 5.39 Å². The molecule has 0 amide bonds. The van der Waals surface area contributed by atoms with Crippen LogP contribution in [0.1, 0.15) is 79.8 Å². The van der Waals surface area contributed by atoms with Crippen molar-refractivity contribution < 1.29 is 43.2 Å². The van der Waals surface area contributed by atoms with Crippen LogP contribution < -0.4 is 29.0 Å². The number of hydrogen-bond acceptors (Lipinski definition) is 5. The van der Waals surface area contributed by atoms with Crippen LogP contribution in [0.3, 0.4) is 0 Å². The summed E-state index contributed by atoms with van der Waals surface area (Å²) < 4.78 is 5.75. The molecule has 0 spiro atoms. The van der Waals surface area contributed by atoms with Crippen molar-refractivity contribution >= 4 is 22.7 Å². The molecule has 1 aliphatic carbocycles. The van der Waals surface area contributed by atoms with Crippen molar-refractivity contribution in [3.05, 3.63) is 27.9 Å². The number of carbonyl (C=O) groups is 1. The standard InChI is InChI=1S/C23H31N3O3.HI/c1-3-16-15(2)17-11-7-4-5-8-12-18(17)19-21(25-28-22(16)19)20(24)23(27)29-26-13-9-6-10-14-26;/h24H,3-14H2,1-2H3;1H. The van der Waals surface area contributed by atoms with E-state index in [1.165, 1.54) is 42.4 Å². The number of nitrogens with one attached hydrogen (secondary N) is 2. The van der Waals surface area contributed by atoms with Crippen LogP contribution in [0.15, 0.2) is 4.52 Å². The lowest BCUT2D eigenvalue weighted by Crippen LogP contribution is -3.12. The van der Waals surface area contributed by atoms with Gasteiger partial charge in [-0.25, -0.2) is 4.79 Å². The number of aromatic nitrogens is 1. The zero-order chi connectivity index (χ0) is 20.4. The molecular weight excluding hydrogens is 493 g/mol. The van der Waals surface area contributed by atoms with Crippen molar-refractivity contribution in [3.63, 3.8) is 0 Å². The van der Waals surface area contributed by atoms with Crippen LogP contribution in [0.5, 0.6) is 0 Å². The smallest absolute Gasteiger partial charge is 0.417 e. The average Bonchev–Trinajstić information content (AvgIpc) is 3.13. The van der Waals surface area contributed by atoms with E-state index >= 15 is 0 Å². The summed E-state index contributed by atoms with van der Waals surface area (Å²) in [7, 11) is 0. The first-order valence-corrected chi connectivity index (χ1v) is 11.2. The highest BCUT2D eigenvalue weighted by atomic mass is 127. The number of nitrogens with zero attached hydrogens (tertiary/aromatic N) is 1. The van der Waals surface area contributed by atoms with E-state index in [1.807, 2.05) is 0 Å². The van der Waals surface area contributed by atoms with Crippen LogP contribution in [-0.4, -0.2) is 29.9 Å². The number of halogens is 1. The number of aryl methyl sites for hydroxylation is 2. The third kappa shape index (κ3) is 4.42. The lowest BCUT2D eigenvalue weighted by molar-refractivity contribution is -1.08. The van der Waals surface area contributed by atoms with Crippen LogP contribution in [0.25, 0.3) is 11.0 Å². The molecule has 164 valence electrons. The van der Waals surface area contributed by atoms with Gasteiger partial charge < -0.3 is 28.5 Å². The molecule has 4 rings (SSSR count). The molecule has 0 bridgehead atoms. The first-order valence-electron chi connectivity index (χ1n) is 11.2. The second kappa shape index (κ2) is 10.2. The first kappa shape index (κ1) is 23.2. The van der Waals surface area contributed by atoms with Crippen molar-refractivity contribution in [1.29, 1.82) is 5.41 Å². The van der Waals surface area contributed by atoms with Gasteiger partial charge in [-0.1, -0.05) is 24.9 Å². The van der Waals surface area contributed by atoms with Gasteiger partial charge in [-0.2, -0.15) is 0 Å². The molecule has 1 aromatic carbocycles. The highest BCUT2D eigenvalue weighted by Crippen LogP contribution is 2.36. The molecule has 0 saturated carbocycles. The third-order valence-electron chi connectivity index (χ3n) is 6.58. The molecule has 2 heterocycles. The van der Waals surface area contributed by atoms with Crippen LogP contribution in [0.4, 0.5) is 0 Å². The number of fused-ring (bicyclic) bond motifs is 3. The summed E-state index contributed by atoms with van der Waals surface area (Å²) in [5, 5.41) is 14.4. The summed E-state index contributed by atoms with van der Waals surface area (Å²) >= 11 is 0. The normalized spacial score (nSPS) is 17.5. The summed E-state index contributed by atoms with van der Waals surface area (Å²) in [6, 6.07) is 0. The van der Waals surface area contributed by atoms with Crippen LogP contribution in [-0.2, 0) is 28.9 Å². The Morgan fingerprint density at radius 2 is 1.70 bits per heavy atom. The van der Waals surface area contributed by atoms with Gasteiger partial charge in [0.2, 0.25) is 0 Å². The van der Waals surface area contributed by atoms with Gasteiger partial charge in [-0.05, 0) is 62.1 Å². The van der Waals surface area contributed by atoms with Gasteiger partial charge in [0, 0.05) is 18.4 Å². The number of carbonyl (C=O) groups excluding carboxylic acids is 1. The Morgan fingerprint density at radius 3 is 2.37 bits per heavy atom. The Hall–Kier alpha value is -1.48. The number of quaternary nitrogens is 1. The fourth-order valence-corrected chi connectivity index (χ4v) is 5.00. The zero-order valence-electron chi connectivity index (χ0n) is 18.0. The minimum Gasteiger partial charge on any atom is -1.00 e. The molecule has 7 heteroatoms. The lowest BCUT2D eigenvalue weighted by Gasteiger charge is -2.21. The number of rotatable bonds is 4. The molecule has 1 aliphatic heterocycles. The first-order chi connectivity index (χ1) is 14.1. The number of piperidine rings is 1. The number of hydroxylamine groups is 2. The Kier molecular flexibility index (Phi) is 7.90. The van der Waals surface area contributed by atoms with Crippen molar-refractivity contribution in [2.24, 2.45) is 0 Å². The summed E-state index contributed by atoms with van der Waals surface area (Å²) in [6.07, 6.45) is 10.9. The molecule has 2 N–H and O–H groups in total. The Balaban J connectivity index is 0.00000256. The molecule has 30 heavy (non-hydrogen) atoms. The van der Waals surface area contributed by atoms with Crippen molar-refractivity contribution in [2.45, 2.75) is 78.1 Å². The molecular formula is C23H32IN3O3. The maximum atomic E-state index is 12.7. The van der Waals surface area contributed by atoms with Crippen molar-refractivity contribution in [2.75, 3.05) is 13.1 Å². The second-order valence-corrected chi connectivity index (χ2v) is 8.43. The Morgan fingerprint density at radius 1 is 1.07 bits per heavy atom. The van der Waals surface area contributed by atoms with E-state index in [0.717, 1.165) is 73.2 Å². The molecule has 2 aliphatic rings. The fraction of sp³-hybridized carbons (Fsp3) is 0.609. The Bertz CT molecular complexity index is 932. The van der Waals surface area contributed by atoms with E-state index in [4.69, 9.17) is 14.8 Å². The topological polar surface area (TPSA) is 80.6 Å². The average molecular weight is 525 g/mol. The molecule has 1 fully saturated rings. The molecule has 1 saturated heterocycles. The van der Waals surface area contributed by atoms with Gasteiger partial charge in [0.15, 0.2) is 11.3 Å². The monoisotopic (exact) mass is 525 g/mol. The minimum atomic E-state index is -0.602. The molecule has 2 aromatic rings.